The van der Waals surface area contributed by atoms with Crippen molar-refractivity contribution in [2.24, 2.45) is 0 Å². The van der Waals surface area contributed by atoms with Gasteiger partial charge in [0.1, 0.15) is 0 Å². The fourth-order valence-electron chi connectivity index (χ4n) is 2.51. The predicted molar refractivity (Wildman–Crippen MR) is 100 cm³/mol. The second kappa shape index (κ2) is 8.96. The summed E-state index contributed by atoms with van der Waals surface area (Å²) >= 11 is 0. The van der Waals surface area contributed by atoms with Gasteiger partial charge in [0.05, 0.1) is 0 Å². The third-order valence-electron chi connectivity index (χ3n) is 3.98. The molecular formula is C20H27N3O. The molecule has 1 N–H and O–H groups in total. The van der Waals surface area contributed by atoms with E-state index in [4.69, 9.17) is 0 Å². The van der Waals surface area contributed by atoms with Crippen LogP contribution in [0, 0.1) is 0 Å². The lowest BCUT2D eigenvalue weighted by Crippen LogP contribution is -2.37. The molecule has 0 spiro atoms. The Hall–Kier alpha value is -2.49. The van der Waals surface area contributed by atoms with Crippen LogP contribution in [0.3, 0.4) is 0 Å². The number of nitrogens with zero attached hydrogens (tertiary/aromatic N) is 2. The Morgan fingerprint density at radius 2 is 1.58 bits per heavy atom. The third kappa shape index (κ3) is 5.61. The van der Waals surface area contributed by atoms with Gasteiger partial charge in [-0.15, -0.1) is 0 Å². The van der Waals surface area contributed by atoms with Crippen LogP contribution in [0.15, 0.2) is 54.6 Å². The van der Waals surface area contributed by atoms with Gasteiger partial charge >= 0.3 is 6.03 Å². The van der Waals surface area contributed by atoms with Crippen molar-refractivity contribution in [2.45, 2.75) is 19.4 Å². The zero-order valence-electron chi connectivity index (χ0n) is 14.8. The van der Waals surface area contributed by atoms with Crippen LogP contribution >= 0.6 is 0 Å². The van der Waals surface area contributed by atoms with Crippen molar-refractivity contribution >= 4 is 11.7 Å². The Morgan fingerprint density at radius 3 is 2.21 bits per heavy atom. The molecule has 0 aliphatic rings. The summed E-state index contributed by atoms with van der Waals surface area (Å²) in [5.41, 5.74) is 3.59. The van der Waals surface area contributed by atoms with E-state index in [2.05, 4.69) is 46.6 Å². The first kappa shape index (κ1) is 17.9. The van der Waals surface area contributed by atoms with Crippen LogP contribution in [0.25, 0.3) is 0 Å². The summed E-state index contributed by atoms with van der Waals surface area (Å²) in [6.07, 6.45) is 1.93. The van der Waals surface area contributed by atoms with Crippen molar-refractivity contribution in [1.82, 2.24) is 10.2 Å². The van der Waals surface area contributed by atoms with E-state index in [0.717, 1.165) is 24.1 Å². The molecule has 0 saturated carbocycles. The first-order valence-corrected chi connectivity index (χ1v) is 8.35. The van der Waals surface area contributed by atoms with E-state index in [9.17, 15) is 4.79 Å². The molecule has 0 aliphatic carbocycles. The summed E-state index contributed by atoms with van der Waals surface area (Å²) in [5, 5.41) is 2.98. The second-order valence-corrected chi connectivity index (χ2v) is 6.24. The molecule has 24 heavy (non-hydrogen) atoms. The smallest absolute Gasteiger partial charge is 0.317 e. The molecule has 2 rings (SSSR count). The molecule has 0 saturated heterocycles. The van der Waals surface area contributed by atoms with Crippen molar-refractivity contribution < 1.29 is 4.79 Å². The molecule has 0 bridgehead atoms. The Kier molecular flexibility index (Phi) is 6.67. The monoisotopic (exact) mass is 325 g/mol. The molecule has 4 nitrogen and oxygen atoms in total. The molecule has 0 fully saturated rings. The number of urea groups is 1. The molecule has 128 valence electrons. The van der Waals surface area contributed by atoms with E-state index < -0.39 is 0 Å². The van der Waals surface area contributed by atoms with E-state index in [1.807, 2.05) is 39.3 Å². The van der Waals surface area contributed by atoms with Crippen LogP contribution in [0.2, 0.25) is 0 Å². The molecule has 0 heterocycles. The van der Waals surface area contributed by atoms with Gasteiger partial charge < -0.3 is 15.1 Å². The van der Waals surface area contributed by atoms with Crippen LogP contribution in [-0.2, 0) is 13.0 Å². The molecule has 2 aromatic carbocycles. The number of hydrogen-bond acceptors (Lipinski definition) is 2. The summed E-state index contributed by atoms with van der Waals surface area (Å²) in [6.45, 7) is 1.30. The number of carbonyl (C=O) groups is 1. The van der Waals surface area contributed by atoms with Gasteiger partial charge in [0.2, 0.25) is 0 Å². The number of anilines is 1. The Morgan fingerprint density at radius 1 is 0.917 bits per heavy atom. The van der Waals surface area contributed by atoms with Gasteiger partial charge in [0, 0.05) is 39.9 Å². The van der Waals surface area contributed by atoms with Crippen molar-refractivity contribution in [2.75, 3.05) is 32.6 Å². The summed E-state index contributed by atoms with van der Waals surface area (Å²) in [5.74, 6) is 0. The highest BCUT2D eigenvalue weighted by Crippen LogP contribution is 2.13. The maximum atomic E-state index is 12.1. The zero-order valence-corrected chi connectivity index (χ0v) is 14.8. The number of amides is 2. The lowest BCUT2D eigenvalue weighted by molar-refractivity contribution is 0.207. The molecule has 0 atom stereocenters. The number of aryl methyl sites for hydroxylation is 1. The maximum Gasteiger partial charge on any atom is 0.317 e. The fourth-order valence-corrected chi connectivity index (χ4v) is 2.51. The molecule has 0 aliphatic heterocycles. The SMILES string of the molecule is CN(Cc1ccc(N(C)C)cc1)C(=O)NCCCc1ccccc1. The van der Waals surface area contributed by atoms with E-state index in [1.165, 1.54) is 5.56 Å². The third-order valence-corrected chi connectivity index (χ3v) is 3.98. The topological polar surface area (TPSA) is 35.6 Å². The molecular weight excluding hydrogens is 298 g/mol. The maximum absolute atomic E-state index is 12.1. The van der Waals surface area contributed by atoms with Crippen molar-refractivity contribution in [3.8, 4) is 0 Å². The van der Waals surface area contributed by atoms with Crippen LogP contribution in [0.5, 0.6) is 0 Å². The van der Waals surface area contributed by atoms with Crippen LogP contribution in [0.1, 0.15) is 17.5 Å². The van der Waals surface area contributed by atoms with Crippen molar-refractivity contribution in [3.05, 3.63) is 65.7 Å². The normalized spacial score (nSPS) is 10.3. The Bertz CT molecular complexity index is 623. The number of nitrogens with one attached hydrogen (secondary N) is 1. The summed E-state index contributed by atoms with van der Waals surface area (Å²) in [7, 11) is 5.86. The average Bonchev–Trinajstić information content (AvgIpc) is 2.60. The summed E-state index contributed by atoms with van der Waals surface area (Å²) < 4.78 is 0. The van der Waals surface area contributed by atoms with Crippen LogP contribution in [0.4, 0.5) is 10.5 Å². The van der Waals surface area contributed by atoms with Gasteiger partial charge in [-0.25, -0.2) is 4.79 Å². The molecule has 0 unspecified atom stereocenters. The highest BCUT2D eigenvalue weighted by atomic mass is 16.2. The molecule has 2 aromatic rings. The Balaban J connectivity index is 1.71. The minimum atomic E-state index is -0.0280. The number of benzene rings is 2. The van der Waals surface area contributed by atoms with Gasteiger partial charge in [-0.05, 0) is 36.1 Å². The first-order chi connectivity index (χ1) is 11.6. The Labute approximate surface area is 145 Å². The van der Waals surface area contributed by atoms with E-state index >= 15 is 0 Å². The zero-order chi connectivity index (χ0) is 17.4. The first-order valence-electron chi connectivity index (χ1n) is 8.35. The molecule has 4 heteroatoms. The molecule has 0 radical (unpaired) electrons. The minimum Gasteiger partial charge on any atom is -0.378 e. The van der Waals surface area contributed by atoms with Crippen molar-refractivity contribution in [1.29, 1.82) is 0 Å². The van der Waals surface area contributed by atoms with E-state index in [1.54, 1.807) is 4.90 Å². The van der Waals surface area contributed by atoms with Crippen molar-refractivity contribution in [3.63, 3.8) is 0 Å². The standard InChI is InChI=1S/C20H27N3O/c1-22(2)19-13-11-18(12-14-19)16-23(3)20(24)21-15-7-10-17-8-5-4-6-9-17/h4-6,8-9,11-14H,7,10,15-16H2,1-3H3,(H,21,24). The number of carbonyl (C=O) groups excluding carboxylic acids is 1. The average molecular weight is 325 g/mol. The van der Waals surface area contributed by atoms with Crippen LogP contribution < -0.4 is 10.2 Å². The lowest BCUT2D eigenvalue weighted by atomic mass is 10.1. The highest BCUT2D eigenvalue weighted by molar-refractivity contribution is 5.73. The van der Waals surface area contributed by atoms with E-state index in [-0.39, 0.29) is 6.03 Å². The van der Waals surface area contributed by atoms with Crippen LogP contribution in [-0.4, -0.2) is 38.6 Å². The van der Waals surface area contributed by atoms with Gasteiger partial charge in [0.25, 0.3) is 0 Å². The second-order valence-electron chi connectivity index (χ2n) is 6.24. The fraction of sp³-hybridized carbons (Fsp3) is 0.350. The summed E-state index contributed by atoms with van der Waals surface area (Å²) in [4.78, 5) is 15.9. The highest BCUT2D eigenvalue weighted by Gasteiger charge is 2.08. The largest absolute Gasteiger partial charge is 0.378 e. The predicted octanol–water partition coefficient (Wildman–Crippen LogP) is 3.53. The lowest BCUT2D eigenvalue weighted by Gasteiger charge is -2.19. The van der Waals surface area contributed by atoms with Gasteiger partial charge in [-0.2, -0.15) is 0 Å². The molecule has 0 aromatic heterocycles. The molecule has 2 amide bonds. The number of hydrogen-bond donors (Lipinski definition) is 1. The quantitative estimate of drug-likeness (QED) is 0.791. The minimum absolute atomic E-state index is 0.0280. The van der Waals surface area contributed by atoms with Gasteiger partial charge in [-0.3, -0.25) is 0 Å². The van der Waals surface area contributed by atoms with E-state index in [0.29, 0.717) is 13.1 Å². The number of rotatable bonds is 7. The summed E-state index contributed by atoms with van der Waals surface area (Å²) in [6, 6.07) is 18.6. The van der Waals surface area contributed by atoms with Gasteiger partial charge in [-0.1, -0.05) is 42.5 Å². The van der Waals surface area contributed by atoms with Gasteiger partial charge in [0.15, 0.2) is 0 Å².